The van der Waals surface area contributed by atoms with Gasteiger partial charge in [-0.2, -0.15) is 13.2 Å². The second kappa shape index (κ2) is 9.38. The van der Waals surface area contributed by atoms with Gasteiger partial charge in [0.05, 0.1) is 5.56 Å². The average Bonchev–Trinajstić information content (AvgIpc) is 2.61. The Hall–Kier alpha value is -0.434. The van der Waals surface area contributed by atoms with Crippen LogP contribution in [0.1, 0.15) is 38.8 Å². The van der Waals surface area contributed by atoms with Crippen molar-refractivity contribution in [1.82, 2.24) is 4.31 Å². The number of benzene rings is 1. The van der Waals surface area contributed by atoms with Gasteiger partial charge in [0, 0.05) is 6.54 Å². The zero-order valence-corrected chi connectivity index (χ0v) is 19.5. The molecule has 0 atom stereocenters. The summed E-state index contributed by atoms with van der Waals surface area (Å²) in [6.45, 7) is 6.11. The molecule has 27 heavy (non-hydrogen) atoms. The van der Waals surface area contributed by atoms with Gasteiger partial charge in [-0.15, -0.1) is 5.60 Å². The molecule has 0 unspecified atom stereocenters. The summed E-state index contributed by atoms with van der Waals surface area (Å²) < 4.78 is 62.0. The average molecular weight is 433 g/mol. The van der Waals surface area contributed by atoms with Crippen LogP contribution in [0.25, 0.3) is 4.91 Å². The first-order valence-corrected chi connectivity index (χ1v) is 8.93. The molecule has 1 aromatic carbocycles. The molecule has 146 valence electrons. The number of halogens is 3. The third-order valence-electron chi connectivity index (χ3n) is 2.95. The normalized spacial score (nSPS) is 16.6. The fourth-order valence-electron chi connectivity index (χ4n) is 1.97. The molecule has 0 aliphatic carbocycles. The third kappa shape index (κ3) is 6.84. The smallest absolute Gasteiger partial charge is 0.850 e. The third-order valence-corrected chi connectivity index (χ3v) is 4.90. The van der Waals surface area contributed by atoms with E-state index < -0.39 is 43.9 Å². The van der Waals surface area contributed by atoms with Gasteiger partial charge < -0.3 is 10.2 Å². The molecule has 1 aliphatic heterocycles. The first-order valence-electron chi connectivity index (χ1n) is 7.49. The van der Waals surface area contributed by atoms with Gasteiger partial charge in [-0.05, 0) is 24.6 Å². The second-order valence-corrected chi connectivity index (χ2v) is 8.14. The van der Waals surface area contributed by atoms with Crippen LogP contribution in [0.4, 0.5) is 13.2 Å². The van der Waals surface area contributed by atoms with E-state index in [1.54, 1.807) is 20.8 Å². The topological polar surface area (TPSA) is 97.7 Å². The second-order valence-electron chi connectivity index (χ2n) is 6.34. The molecule has 0 aromatic heterocycles. The van der Waals surface area contributed by atoms with Crippen molar-refractivity contribution in [2.75, 3.05) is 6.54 Å². The van der Waals surface area contributed by atoms with Crippen molar-refractivity contribution in [2.45, 2.75) is 39.5 Å². The van der Waals surface area contributed by atoms with Crippen molar-refractivity contribution < 1.29 is 88.0 Å². The van der Waals surface area contributed by atoms with Crippen LogP contribution >= 0.6 is 0 Å². The number of alkyl halides is 3. The molecule has 0 spiro atoms. The fourth-order valence-corrected chi connectivity index (χ4v) is 3.60. The van der Waals surface area contributed by atoms with Crippen molar-refractivity contribution in [3.8, 4) is 0 Å². The van der Waals surface area contributed by atoms with Gasteiger partial charge >= 0.3 is 63.5 Å². The Bertz CT molecular complexity index is 806. The van der Waals surface area contributed by atoms with Gasteiger partial charge in [0.15, 0.2) is 0 Å². The largest absolute Gasteiger partial charge is 1.00 e. The Morgan fingerprint density at radius 1 is 1.11 bits per heavy atom. The predicted octanol–water partition coefficient (Wildman–Crippen LogP) is -0.727. The number of nitrogens with zero attached hydrogens (tertiary/aromatic N) is 1. The molecule has 11 heteroatoms. The fraction of sp³-hybridized carbons (Fsp3) is 0.438. The van der Waals surface area contributed by atoms with Crippen LogP contribution < -0.4 is 56.5 Å². The minimum atomic E-state index is -4.56. The van der Waals surface area contributed by atoms with Gasteiger partial charge in [0.1, 0.15) is 4.91 Å². The molecule has 0 radical (unpaired) electrons. The number of carbonyl (C=O) groups excluding carboxylic acids is 1. The summed E-state index contributed by atoms with van der Waals surface area (Å²) >= 11 is 0. The van der Waals surface area contributed by atoms with Crippen molar-refractivity contribution in [3.63, 3.8) is 0 Å². The zero-order valence-electron chi connectivity index (χ0n) is 15.6. The van der Waals surface area contributed by atoms with Gasteiger partial charge in [0.25, 0.3) is 10.0 Å². The maximum Gasteiger partial charge on any atom is 1.00 e. The summed E-state index contributed by atoms with van der Waals surface area (Å²) in [5, 5.41) is 19.8. The van der Waals surface area contributed by atoms with Crippen LogP contribution in [0.2, 0.25) is 0 Å². The Labute approximate surface area is 198 Å². The van der Waals surface area contributed by atoms with Crippen molar-refractivity contribution >= 4 is 20.8 Å². The summed E-state index contributed by atoms with van der Waals surface area (Å²) in [5.41, 5.74) is -1.88. The molecule has 6 nitrogen and oxygen atoms in total. The van der Waals surface area contributed by atoms with E-state index in [1.165, 1.54) is 6.92 Å². The molecular formula is C16H19F3KNO5S. The molecule has 1 aromatic rings. The number of likely N-dealkylation sites (N-methyl/N-ethyl adjacent to an activating group) is 1. The van der Waals surface area contributed by atoms with E-state index in [9.17, 15) is 36.6 Å². The Morgan fingerprint density at radius 2 is 1.52 bits per heavy atom. The molecule has 1 N–H and O–H groups in total. The Kier molecular flexibility index (Phi) is 9.23. The van der Waals surface area contributed by atoms with E-state index in [4.69, 9.17) is 0 Å². The first kappa shape index (κ1) is 26.6. The summed E-state index contributed by atoms with van der Waals surface area (Å²) in [6.07, 6.45) is -4.56. The van der Waals surface area contributed by atoms with Crippen molar-refractivity contribution in [1.29, 1.82) is 0 Å². The van der Waals surface area contributed by atoms with E-state index in [-0.39, 0.29) is 63.5 Å². The predicted molar refractivity (Wildman–Crippen MR) is 87.1 cm³/mol. The molecule has 1 heterocycles. The number of hydrogen-bond donors (Lipinski definition) is 1. The molecule has 0 bridgehead atoms. The van der Waals surface area contributed by atoms with E-state index in [2.05, 4.69) is 0 Å². The number of sulfonamides is 1. The number of aliphatic hydroxyl groups is 1. The Balaban J connectivity index is 0.00000100. The molecule has 0 saturated heterocycles. The summed E-state index contributed by atoms with van der Waals surface area (Å²) in [7, 11) is -4.25. The summed E-state index contributed by atoms with van der Waals surface area (Å²) in [6, 6.07) is 3.17. The van der Waals surface area contributed by atoms with Crippen LogP contribution in [0, 0.1) is 0 Å². The van der Waals surface area contributed by atoms with E-state index in [0.717, 1.165) is 12.1 Å². The maximum atomic E-state index is 12.5. The molecule has 2 rings (SSSR count). The summed E-state index contributed by atoms with van der Waals surface area (Å²) in [4.78, 5) is 10.9. The number of aliphatic hydroxyl groups excluding tert-OH is 1. The standard InChI is InChI=1S/C12H10F3NO4S.C4H9O.K/c1-2-16-11(18)9(17)10(21(16,19)20)7-3-5-8(6-4-7)12(13,14)15;1-4(2,3)5;/h3-6,17H,2H2,1H3;1-3H3;/q;-1;+1. The van der Waals surface area contributed by atoms with Crippen LogP contribution in [-0.4, -0.2) is 35.9 Å². The number of amides is 1. The van der Waals surface area contributed by atoms with Crippen LogP contribution in [0.3, 0.4) is 0 Å². The quantitative estimate of drug-likeness (QED) is 0.621. The Morgan fingerprint density at radius 3 is 1.81 bits per heavy atom. The molecule has 0 fully saturated rings. The van der Waals surface area contributed by atoms with Gasteiger partial charge in [-0.1, -0.05) is 32.9 Å². The zero-order chi connectivity index (χ0) is 20.5. The number of hydrogen-bond acceptors (Lipinski definition) is 5. The van der Waals surface area contributed by atoms with Gasteiger partial charge in [-0.25, -0.2) is 12.7 Å². The minimum absolute atomic E-state index is 0. The van der Waals surface area contributed by atoms with Gasteiger partial charge in [-0.3, -0.25) is 4.79 Å². The monoisotopic (exact) mass is 433 g/mol. The SMILES string of the molecule is CC(C)(C)[O-].CCN1C(=O)C(O)=C(c2ccc(C(F)(F)F)cc2)S1(=O)=O.[K+]. The van der Waals surface area contributed by atoms with Crippen LogP contribution in [0.5, 0.6) is 0 Å². The number of carbonyl (C=O) groups is 1. The molecular weight excluding hydrogens is 414 g/mol. The molecule has 0 saturated carbocycles. The minimum Gasteiger partial charge on any atom is -0.850 e. The molecule has 1 aliphatic rings. The first-order chi connectivity index (χ1) is 11.6. The maximum absolute atomic E-state index is 12.5. The molecule has 1 amide bonds. The van der Waals surface area contributed by atoms with E-state index >= 15 is 0 Å². The van der Waals surface area contributed by atoms with Gasteiger partial charge in [0.2, 0.25) is 5.76 Å². The van der Waals surface area contributed by atoms with E-state index in [1.807, 2.05) is 0 Å². The van der Waals surface area contributed by atoms with Crippen molar-refractivity contribution in [3.05, 3.63) is 41.2 Å². The van der Waals surface area contributed by atoms with Crippen molar-refractivity contribution in [2.24, 2.45) is 0 Å². The van der Waals surface area contributed by atoms with E-state index in [0.29, 0.717) is 16.4 Å². The number of rotatable bonds is 2. The summed E-state index contributed by atoms with van der Waals surface area (Å²) in [5.74, 6) is -2.08. The van der Waals surface area contributed by atoms with Crippen LogP contribution in [-0.2, 0) is 21.0 Å². The van der Waals surface area contributed by atoms with Crippen LogP contribution in [0.15, 0.2) is 30.0 Å².